The van der Waals surface area contributed by atoms with Crippen molar-refractivity contribution in [2.75, 3.05) is 0 Å². The summed E-state index contributed by atoms with van der Waals surface area (Å²) in [6.45, 7) is 2.84. The van der Waals surface area contributed by atoms with Crippen molar-refractivity contribution in [1.29, 1.82) is 0 Å². The third-order valence-electron chi connectivity index (χ3n) is 2.76. The van der Waals surface area contributed by atoms with Gasteiger partial charge in [0.1, 0.15) is 5.75 Å². The fraction of sp³-hybridized carbons (Fsp3) is 0.429. The van der Waals surface area contributed by atoms with Crippen LogP contribution in [0.15, 0.2) is 24.3 Å². The number of hydrogen-bond acceptors (Lipinski definition) is 3. The molecular weight excluding hydrogens is 303 g/mol. The van der Waals surface area contributed by atoms with Gasteiger partial charge in [0.2, 0.25) is 0 Å². The molecule has 0 fully saturated rings. The minimum Gasteiger partial charge on any atom is -0.479 e. The molecule has 0 aliphatic heterocycles. The number of hydrogen-bond donors (Lipinski definition) is 2. The summed E-state index contributed by atoms with van der Waals surface area (Å²) in [7, 11) is 0. The van der Waals surface area contributed by atoms with Crippen molar-refractivity contribution in [3.05, 3.63) is 29.8 Å². The van der Waals surface area contributed by atoms with Gasteiger partial charge in [-0.15, -0.1) is 0 Å². The van der Waals surface area contributed by atoms with Gasteiger partial charge in [0, 0.05) is 6.04 Å². The van der Waals surface area contributed by atoms with Crippen LogP contribution in [0.5, 0.6) is 5.75 Å². The topological polar surface area (TPSA) is 75.6 Å². The maximum Gasteiger partial charge on any atom is 0.471 e. The molecule has 0 saturated carbocycles. The highest BCUT2D eigenvalue weighted by molar-refractivity contribution is 5.81. The molecular formula is C14H16F3NO4. The molecule has 0 radical (unpaired) electrons. The van der Waals surface area contributed by atoms with E-state index in [0.29, 0.717) is 11.3 Å². The number of carbonyl (C=O) groups excluding carboxylic acids is 1. The number of aliphatic carboxylic acids is 1. The van der Waals surface area contributed by atoms with E-state index in [1.807, 2.05) is 5.32 Å². The van der Waals surface area contributed by atoms with Crippen LogP contribution in [0.25, 0.3) is 0 Å². The van der Waals surface area contributed by atoms with E-state index in [1.54, 1.807) is 12.1 Å². The van der Waals surface area contributed by atoms with Crippen LogP contribution in [0.4, 0.5) is 13.2 Å². The molecule has 0 bridgehead atoms. The number of halogens is 3. The molecule has 0 aromatic heterocycles. The number of rotatable bonds is 6. The summed E-state index contributed by atoms with van der Waals surface area (Å²) in [4.78, 5) is 21.4. The van der Waals surface area contributed by atoms with Crippen molar-refractivity contribution < 1.29 is 32.6 Å². The Labute approximate surface area is 125 Å². The van der Waals surface area contributed by atoms with Gasteiger partial charge in [0.25, 0.3) is 0 Å². The number of nitrogens with one attached hydrogen (secondary N) is 1. The Balaban J connectivity index is 2.57. The van der Waals surface area contributed by atoms with E-state index in [9.17, 15) is 22.8 Å². The molecule has 1 amide bonds. The van der Waals surface area contributed by atoms with Crippen LogP contribution in [0, 0.1) is 0 Å². The molecule has 0 saturated heterocycles. The first-order valence-electron chi connectivity index (χ1n) is 6.45. The fourth-order valence-corrected chi connectivity index (χ4v) is 1.67. The number of carbonyl (C=O) groups is 2. The lowest BCUT2D eigenvalue weighted by molar-refractivity contribution is -0.174. The predicted octanol–water partition coefficient (Wildman–Crippen LogP) is 2.15. The monoisotopic (exact) mass is 319 g/mol. The molecule has 1 rings (SSSR count). The highest BCUT2D eigenvalue weighted by atomic mass is 19.4. The van der Waals surface area contributed by atoms with Crippen LogP contribution in [0.1, 0.15) is 19.4 Å². The summed E-state index contributed by atoms with van der Waals surface area (Å²) in [6, 6.07) is 5.54. The van der Waals surface area contributed by atoms with Crippen LogP contribution in [0.2, 0.25) is 0 Å². The SMILES string of the molecule is CC(Cc1ccc(OC(C)C(=O)O)cc1)NC(=O)C(F)(F)F. The second kappa shape index (κ2) is 7.15. The molecule has 0 heterocycles. The first-order chi connectivity index (χ1) is 10.1. The number of carboxylic acids is 1. The second-order valence-electron chi connectivity index (χ2n) is 4.82. The molecule has 2 unspecified atom stereocenters. The Kier molecular flexibility index (Phi) is 5.78. The molecule has 0 spiro atoms. The Morgan fingerprint density at radius 3 is 2.23 bits per heavy atom. The van der Waals surface area contributed by atoms with Crippen LogP contribution >= 0.6 is 0 Å². The van der Waals surface area contributed by atoms with Gasteiger partial charge in [-0.2, -0.15) is 13.2 Å². The molecule has 2 N–H and O–H groups in total. The molecule has 5 nitrogen and oxygen atoms in total. The third kappa shape index (κ3) is 5.63. The van der Waals surface area contributed by atoms with Crippen molar-refractivity contribution in [3.8, 4) is 5.75 Å². The van der Waals surface area contributed by atoms with Crippen molar-refractivity contribution in [2.45, 2.75) is 38.6 Å². The summed E-state index contributed by atoms with van der Waals surface area (Å²) >= 11 is 0. The first-order valence-corrected chi connectivity index (χ1v) is 6.45. The van der Waals surface area contributed by atoms with Gasteiger partial charge in [-0.1, -0.05) is 12.1 Å². The van der Waals surface area contributed by atoms with Gasteiger partial charge < -0.3 is 15.2 Å². The minimum atomic E-state index is -4.90. The summed E-state index contributed by atoms with van der Waals surface area (Å²) in [5.41, 5.74) is 0.685. The minimum absolute atomic E-state index is 0.205. The molecule has 1 aromatic rings. The van der Waals surface area contributed by atoms with E-state index < -0.39 is 30.2 Å². The highest BCUT2D eigenvalue weighted by Crippen LogP contribution is 2.17. The Morgan fingerprint density at radius 2 is 1.77 bits per heavy atom. The molecule has 2 atom stereocenters. The Bertz CT molecular complexity index is 528. The predicted molar refractivity (Wildman–Crippen MR) is 71.5 cm³/mol. The van der Waals surface area contributed by atoms with E-state index in [-0.39, 0.29) is 6.42 Å². The van der Waals surface area contributed by atoms with Crippen molar-refractivity contribution in [2.24, 2.45) is 0 Å². The van der Waals surface area contributed by atoms with Gasteiger partial charge in [-0.25, -0.2) is 4.79 Å². The lowest BCUT2D eigenvalue weighted by Gasteiger charge is -2.16. The third-order valence-corrected chi connectivity index (χ3v) is 2.76. The van der Waals surface area contributed by atoms with E-state index in [4.69, 9.17) is 9.84 Å². The van der Waals surface area contributed by atoms with E-state index in [2.05, 4.69) is 0 Å². The lowest BCUT2D eigenvalue weighted by Crippen LogP contribution is -2.42. The highest BCUT2D eigenvalue weighted by Gasteiger charge is 2.39. The lowest BCUT2D eigenvalue weighted by atomic mass is 10.1. The fourth-order valence-electron chi connectivity index (χ4n) is 1.67. The molecule has 1 aromatic carbocycles. The number of benzene rings is 1. The molecule has 22 heavy (non-hydrogen) atoms. The van der Waals surface area contributed by atoms with Gasteiger partial charge in [-0.05, 0) is 38.0 Å². The second-order valence-corrected chi connectivity index (χ2v) is 4.82. The molecule has 0 aliphatic rings. The maximum absolute atomic E-state index is 12.1. The van der Waals surface area contributed by atoms with Crippen LogP contribution in [0.3, 0.4) is 0 Å². The van der Waals surface area contributed by atoms with E-state index in [0.717, 1.165) is 0 Å². The molecule has 0 aliphatic carbocycles. The van der Waals surface area contributed by atoms with Crippen LogP contribution in [-0.4, -0.2) is 35.3 Å². The average Bonchev–Trinajstić information content (AvgIpc) is 2.39. The van der Waals surface area contributed by atoms with Crippen molar-refractivity contribution in [1.82, 2.24) is 5.32 Å². The average molecular weight is 319 g/mol. The zero-order chi connectivity index (χ0) is 16.9. The van der Waals surface area contributed by atoms with Gasteiger partial charge >= 0.3 is 18.1 Å². The molecule has 8 heteroatoms. The van der Waals surface area contributed by atoms with Gasteiger partial charge in [0.05, 0.1) is 0 Å². The zero-order valence-electron chi connectivity index (χ0n) is 12.0. The molecule has 122 valence electrons. The van der Waals surface area contributed by atoms with E-state index >= 15 is 0 Å². The summed E-state index contributed by atoms with van der Waals surface area (Å²) in [5, 5.41) is 10.6. The number of carboxylic acid groups (broad SMARTS) is 1. The maximum atomic E-state index is 12.1. The zero-order valence-corrected chi connectivity index (χ0v) is 12.0. The van der Waals surface area contributed by atoms with Crippen LogP contribution < -0.4 is 10.1 Å². The smallest absolute Gasteiger partial charge is 0.471 e. The quantitative estimate of drug-likeness (QED) is 0.842. The van der Waals surface area contributed by atoms with Crippen molar-refractivity contribution >= 4 is 11.9 Å². The summed E-state index contributed by atoms with van der Waals surface area (Å²) in [5.74, 6) is -2.74. The van der Waals surface area contributed by atoms with Gasteiger partial charge in [-0.3, -0.25) is 4.79 Å². The number of amides is 1. The standard InChI is InChI=1S/C14H16F3NO4/c1-8(18-13(21)14(15,16)17)7-10-3-5-11(6-4-10)22-9(2)12(19)20/h3-6,8-9H,7H2,1-2H3,(H,18,21)(H,19,20). The number of ether oxygens (including phenoxy) is 1. The van der Waals surface area contributed by atoms with Crippen LogP contribution in [-0.2, 0) is 16.0 Å². The van der Waals surface area contributed by atoms with E-state index in [1.165, 1.54) is 26.0 Å². The summed E-state index contributed by atoms with van der Waals surface area (Å²) < 4.78 is 41.5. The van der Waals surface area contributed by atoms with Gasteiger partial charge in [0.15, 0.2) is 6.10 Å². The first kappa shape index (κ1) is 17.8. The number of alkyl halides is 3. The van der Waals surface area contributed by atoms with Crippen molar-refractivity contribution in [3.63, 3.8) is 0 Å². The Morgan fingerprint density at radius 1 is 1.23 bits per heavy atom. The largest absolute Gasteiger partial charge is 0.479 e. The Hall–Kier alpha value is -2.25. The summed E-state index contributed by atoms with van der Waals surface area (Å²) in [6.07, 6.45) is -5.70. The normalized spacial score (nSPS) is 14.0.